The molecular formula is C11H13Br2N5O3. The molecule has 2 rings (SSSR count). The van der Waals surface area contributed by atoms with Crippen LogP contribution in [0.1, 0.15) is 11.6 Å². The molecule has 21 heavy (non-hydrogen) atoms. The Bertz CT molecular complexity index is 682. The van der Waals surface area contributed by atoms with Gasteiger partial charge in [0, 0.05) is 6.92 Å². The number of hydrogen-bond donors (Lipinski definition) is 1. The van der Waals surface area contributed by atoms with Gasteiger partial charge >= 0.3 is 5.82 Å². The first-order chi connectivity index (χ1) is 9.79. The largest absolute Gasteiger partial charge is 0.389 e. The molecule has 2 aromatic rings. The summed E-state index contributed by atoms with van der Waals surface area (Å²) in [6.07, 6.45) is 0.596. The lowest BCUT2D eigenvalue weighted by molar-refractivity contribution is -0.389. The smallest absolute Gasteiger partial charge is 0.381 e. The number of nitrogens with zero attached hydrogens (tertiary/aromatic N) is 5. The van der Waals surface area contributed by atoms with E-state index >= 15 is 0 Å². The highest BCUT2D eigenvalue weighted by atomic mass is 79.9. The van der Waals surface area contributed by atoms with Crippen molar-refractivity contribution in [1.29, 1.82) is 0 Å². The first-order valence-corrected chi connectivity index (χ1v) is 7.62. The average Bonchev–Trinajstić information content (AvgIpc) is 2.86. The van der Waals surface area contributed by atoms with Gasteiger partial charge in [-0.15, -0.1) is 0 Å². The van der Waals surface area contributed by atoms with Crippen LogP contribution in [0.5, 0.6) is 0 Å². The lowest BCUT2D eigenvalue weighted by Crippen LogP contribution is -2.23. The number of nitro groups is 1. The summed E-state index contributed by atoms with van der Waals surface area (Å²) in [5, 5.41) is 20.9. The topological polar surface area (TPSA) is 99.0 Å². The molecule has 8 nitrogen and oxygen atoms in total. The van der Waals surface area contributed by atoms with Gasteiger partial charge < -0.3 is 24.4 Å². The van der Waals surface area contributed by atoms with Gasteiger partial charge in [-0.3, -0.25) is 0 Å². The van der Waals surface area contributed by atoms with Gasteiger partial charge in [-0.1, -0.05) is 0 Å². The Morgan fingerprint density at radius 1 is 1.33 bits per heavy atom. The van der Waals surface area contributed by atoms with Crippen LogP contribution in [0, 0.1) is 24.0 Å². The Balaban J connectivity index is 2.11. The monoisotopic (exact) mass is 421 g/mol. The third kappa shape index (κ3) is 3.50. The number of aromatic nitrogens is 4. The minimum Gasteiger partial charge on any atom is -0.389 e. The van der Waals surface area contributed by atoms with Crippen molar-refractivity contribution in [2.45, 2.75) is 33.0 Å². The molecule has 0 aliphatic rings. The van der Waals surface area contributed by atoms with Gasteiger partial charge in [-0.2, -0.15) is 0 Å². The average molecular weight is 423 g/mol. The van der Waals surface area contributed by atoms with E-state index in [1.165, 1.54) is 6.20 Å². The lowest BCUT2D eigenvalue weighted by atomic mass is 10.3. The van der Waals surface area contributed by atoms with E-state index in [0.717, 1.165) is 10.4 Å². The van der Waals surface area contributed by atoms with E-state index in [2.05, 4.69) is 41.8 Å². The third-order valence-electron chi connectivity index (χ3n) is 3.01. The van der Waals surface area contributed by atoms with Crippen LogP contribution < -0.4 is 0 Å². The number of aliphatic hydroxyl groups is 1. The summed E-state index contributed by atoms with van der Waals surface area (Å²) in [4.78, 5) is 18.2. The number of hydrogen-bond acceptors (Lipinski definition) is 5. The van der Waals surface area contributed by atoms with E-state index in [-0.39, 0.29) is 12.4 Å². The SMILES string of the molecule is Cc1nc([N+](=O)[O-])cn1C[C@@H](O)Cn1c(C)nc(Br)c1Br. The van der Waals surface area contributed by atoms with Gasteiger partial charge in [0.05, 0.1) is 19.2 Å². The Morgan fingerprint density at radius 2 is 2.00 bits per heavy atom. The normalized spacial score (nSPS) is 12.6. The maximum atomic E-state index is 10.7. The molecule has 10 heteroatoms. The highest BCUT2D eigenvalue weighted by Crippen LogP contribution is 2.24. The molecule has 0 spiro atoms. The zero-order chi connectivity index (χ0) is 15.7. The van der Waals surface area contributed by atoms with Crippen molar-refractivity contribution in [3.63, 3.8) is 0 Å². The van der Waals surface area contributed by atoms with Crippen molar-refractivity contribution in [3.8, 4) is 0 Å². The zero-order valence-electron chi connectivity index (χ0n) is 11.3. The molecule has 2 aromatic heterocycles. The number of rotatable bonds is 5. The standard InChI is InChI=1S/C11H13Br2N5O3/c1-6-14-9(18(20)21)5-16(6)3-8(19)4-17-7(2)15-10(12)11(17)13/h5,8,19H,3-4H2,1-2H3/t8-/m1/s1. The molecule has 0 saturated heterocycles. The highest BCUT2D eigenvalue weighted by Gasteiger charge is 2.19. The summed E-state index contributed by atoms with van der Waals surface area (Å²) in [7, 11) is 0. The maximum Gasteiger partial charge on any atom is 0.381 e. The summed E-state index contributed by atoms with van der Waals surface area (Å²) in [6, 6.07) is 0. The number of aryl methyl sites for hydroxylation is 2. The van der Waals surface area contributed by atoms with Gasteiger partial charge in [-0.25, -0.2) is 4.98 Å². The molecule has 0 fully saturated rings. The molecule has 114 valence electrons. The second-order valence-corrected chi connectivity index (χ2v) is 6.06. The van der Waals surface area contributed by atoms with Gasteiger partial charge in [0.25, 0.3) is 0 Å². The summed E-state index contributed by atoms with van der Waals surface area (Å²) >= 11 is 6.69. The van der Waals surface area contributed by atoms with Crippen LogP contribution >= 0.6 is 31.9 Å². The number of imidazole rings is 2. The predicted molar refractivity (Wildman–Crippen MR) is 82.0 cm³/mol. The van der Waals surface area contributed by atoms with Crippen molar-refractivity contribution < 1.29 is 10.0 Å². The Hall–Kier alpha value is -1.26. The van der Waals surface area contributed by atoms with Crippen LogP contribution in [0.4, 0.5) is 5.82 Å². The van der Waals surface area contributed by atoms with Crippen LogP contribution in [0.15, 0.2) is 15.4 Å². The summed E-state index contributed by atoms with van der Waals surface area (Å²) in [5.41, 5.74) is 0. The minimum atomic E-state index is -0.728. The van der Waals surface area contributed by atoms with Crippen molar-refractivity contribution in [3.05, 3.63) is 37.2 Å². The van der Waals surface area contributed by atoms with Gasteiger partial charge in [-0.05, 0) is 48.7 Å². The van der Waals surface area contributed by atoms with Crippen molar-refractivity contribution in [1.82, 2.24) is 19.1 Å². The quantitative estimate of drug-likeness (QED) is 0.588. The van der Waals surface area contributed by atoms with Crippen LogP contribution in [-0.2, 0) is 13.1 Å². The van der Waals surface area contributed by atoms with Crippen molar-refractivity contribution in [2.24, 2.45) is 0 Å². The maximum absolute atomic E-state index is 10.7. The lowest BCUT2D eigenvalue weighted by Gasteiger charge is -2.14. The minimum absolute atomic E-state index is 0.217. The van der Waals surface area contributed by atoms with E-state index < -0.39 is 11.0 Å². The van der Waals surface area contributed by atoms with Crippen LogP contribution in [0.25, 0.3) is 0 Å². The molecule has 0 aliphatic carbocycles. The molecule has 0 unspecified atom stereocenters. The van der Waals surface area contributed by atoms with E-state index in [0.29, 0.717) is 17.0 Å². The second-order valence-electron chi connectivity index (χ2n) is 4.56. The summed E-state index contributed by atoms with van der Waals surface area (Å²) in [5.74, 6) is 1.02. The molecule has 0 aromatic carbocycles. The molecule has 2 heterocycles. The Kier molecular flexibility index (Phi) is 4.79. The van der Waals surface area contributed by atoms with Crippen LogP contribution in [0.2, 0.25) is 0 Å². The second kappa shape index (κ2) is 6.24. The Labute approximate surface area is 137 Å². The van der Waals surface area contributed by atoms with Gasteiger partial charge in [0.15, 0.2) is 0 Å². The molecule has 0 bridgehead atoms. The van der Waals surface area contributed by atoms with Gasteiger partial charge in [0.1, 0.15) is 21.2 Å². The summed E-state index contributed by atoms with van der Waals surface area (Å²) < 4.78 is 4.79. The number of aliphatic hydroxyl groups excluding tert-OH is 1. The fourth-order valence-electron chi connectivity index (χ4n) is 1.97. The first kappa shape index (κ1) is 16.1. The molecular weight excluding hydrogens is 410 g/mol. The molecule has 0 saturated carbocycles. The van der Waals surface area contributed by atoms with E-state index in [1.807, 2.05) is 11.5 Å². The van der Waals surface area contributed by atoms with E-state index in [9.17, 15) is 15.2 Å². The molecule has 0 radical (unpaired) electrons. The third-order valence-corrected chi connectivity index (χ3v) is 4.90. The van der Waals surface area contributed by atoms with E-state index in [1.54, 1.807) is 11.5 Å². The molecule has 1 N–H and O–H groups in total. The highest BCUT2D eigenvalue weighted by molar-refractivity contribution is 9.13. The molecule has 0 aliphatic heterocycles. The van der Waals surface area contributed by atoms with Gasteiger partial charge in [0.2, 0.25) is 5.82 Å². The van der Waals surface area contributed by atoms with Crippen LogP contribution in [-0.4, -0.2) is 35.2 Å². The number of halogens is 2. The molecule has 0 amide bonds. The van der Waals surface area contributed by atoms with Crippen molar-refractivity contribution in [2.75, 3.05) is 0 Å². The fourth-order valence-corrected chi connectivity index (χ4v) is 2.93. The van der Waals surface area contributed by atoms with E-state index in [4.69, 9.17) is 0 Å². The van der Waals surface area contributed by atoms with Crippen molar-refractivity contribution >= 4 is 37.7 Å². The molecule has 1 atom stereocenters. The summed E-state index contributed by atoms with van der Waals surface area (Å²) in [6.45, 7) is 4.02. The fraction of sp³-hybridized carbons (Fsp3) is 0.455. The Morgan fingerprint density at radius 3 is 2.48 bits per heavy atom. The predicted octanol–water partition coefficient (Wildman–Crippen LogP) is 2.19. The first-order valence-electron chi connectivity index (χ1n) is 6.04. The van der Waals surface area contributed by atoms with Crippen LogP contribution in [0.3, 0.4) is 0 Å². The zero-order valence-corrected chi connectivity index (χ0v) is 14.5.